The lowest BCUT2D eigenvalue weighted by atomic mass is 10.1. The zero-order valence-corrected chi connectivity index (χ0v) is 16.6. The molecule has 0 aliphatic heterocycles. The molecule has 0 saturated heterocycles. The van der Waals surface area contributed by atoms with Crippen LogP contribution in [0.1, 0.15) is 18.2 Å². The summed E-state index contributed by atoms with van der Waals surface area (Å²) in [6, 6.07) is 16.3. The van der Waals surface area contributed by atoms with Crippen molar-refractivity contribution in [1.82, 2.24) is 4.98 Å². The Kier molecular flexibility index (Phi) is 6.70. The number of hydrogen-bond acceptors (Lipinski definition) is 5. The molecule has 0 aliphatic carbocycles. The van der Waals surface area contributed by atoms with Crippen molar-refractivity contribution in [3.63, 3.8) is 0 Å². The Morgan fingerprint density at radius 3 is 2.28 bits per heavy atom. The molecule has 0 atom stereocenters. The molecule has 29 heavy (non-hydrogen) atoms. The van der Waals surface area contributed by atoms with E-state index in [9.17, 15) is 14.4 Å². The molecular weight excluding hydrogens is 388 g/mol. The van der Waals surface area contributed by atoms with Gasteiger partial charge >= 0.3 is 0 Å². The number of rotatable bonds is 7. The molecule has 1 aromatic heterocycles. The molecule has 8 heteroatoms. The lowest BCUT2D eigenvalue weighted by Crippen LogP contribution is -2.16. The van der Waals surface area contributed by atoms with Crippen molar-refractivity contribution in [2.45, 2.75) is 19.8 Å². The van der Waals surface area contributed by atoms with Gasteiger partial charge in [0.2, 0.25) is 17.7 Å². The predicted octanol–water partition coefficient (Wildman–Crippen LogP) is 3.46. The van der Waals surface area contributed by atoms with E-state index in [1.807, 2.05) is 30.3 Å². The Morgan fingerprint density at radius 1 is 0.862 bits per heavy atom. The fourth-order valence-electron chi connectivity index (χ4n) is 2.64. The molecule has 0 fully saturated rings. The van der Waals surface area contributed by atoms with E-state index in [-0.39, 0.29) is 30.6 Å². The molecule has 0 radical (unpaired) electrons. The Hall–Kier alpha value is -3.52. The second kappa shape index (κ2) is 9.61. The van der Waals surface area contributed by atoms with Gasteiger partial charge in [-0.25, -0.2) is 4.98 Å². The Labute approximate surface area is 172 Å². The van der Waals surface area contributed by atoms with Crippen molar-refractivity contribution in [2.24, 2.45) is 0 Å². The van der Waals surface area contributed by atoms with E-state index in [0.29, 0.717) is 22.2 Å². The van der Waals surface area contributed by atoms with Gasteiger partial charge in [-0.05, 0) is 23.8 Å². The van der Waals surface area contributed by atoms with Crippen LogP contribution in [0.2, 0.25) is 0 Å². The lowest BCUT2D eigenvalue weighted by Gasteiger charge is -2.07. The molecule has 3 aromatic rings. The van der Waals surface area contributed by atoms with Crippen LogP contribution in [0.15, 0.2) is 60.0 Å². The molecule has 3 rings (SSSR count). The van der Waals surface area contributed by atoms with Crippen LogP contribution in [-0.2, 0) is 27.2 Å². The lowest BCUT2D eigenvalue weighted by molar-refractivity contribution is -0.116. The number of amides is 3. The van der Waals surface area contributed by atoms with Crippen molar-refractivity contribution in [2.75, 3.05) is 16.0 Å². The summed E-state index contributed by atoms with van der Waals surface area (Å²) in [5.74, 6) is -0.577. The number of anilines is 3. The van der Waals surface area contributed by atoms with Crippen LogP contribution < -0.4 is 16.0 Å². The monoisotopic (exact) mass is 408 g/mol. The third-order valence-corrected chi connectivity index (χ3v) is 4.62. The van der Waals surface area contributed by atoms with Crippen LogP contribution in [0.25, 0.3) is 0 Å². The molecule has 0 unspecified atom stereocenters. The molecule has 7 nitrogen and oxygen atoms in total. The Morgan fingerprint density at radius 2 is 1.55 bits per heavy atom. The molecule has 0 spiro atoms. The molecule has 0 bridgehead atoms. The van der Waals surface area contributed by atoms with Crippen LogP contribution in [0, 0.1) is 0 Å². The Balaban J connectivity index is 1.52. The summed E-state index contributed by atoms with van der Waals surface area (Å²) in [4.78, 5) is 39.8. The summed E-state index contributed by atoms with van der Waals surface area (Å²) in [6.45, 7) is 1.42. The van der Waals surface area contributed by atoms with Crippen LogP contribution in [0.3, 0.4) is 0 Å². The zero-order chi connectivity index (χ0) is 20.6. The third-order valence-electron chi connectivity index (χ3n) is 3.81. The van der Waals surface area contributed by atoms with Gasteiger partial charge in [0.05, 0.1) is 18.5 Å². The van der Waals surface area contributed by atoms with E-state index >= 15 is 0 Å². The number of aromatic nitrogens is 1. The first-order valence-electron chi connectivity index (χ1n) is 8.93. The van der Waals surface area contributed by atoms with Crippen LogP contribution in [0.5, 0.6) is 0 Å². The summed E-state index contributed by atoms with van der Waals surface area (Å²) in [5.41, 5.74) is 2.67. The topological polar surface area (TPSA) is 100 Å². The summed E-state index contributed by atoms with van der Waals surface area (Å²) < 4.78 is 0. The van der Waals surface area contributed by atoms with Crippen molar-refractivity contribution < 1.29 is 14.4 Å². The highest BCUT2D eigenvalue weighted by atomic mass is 32.1. The molecular formula is C21H20N4O3S. The maximum Gasteiger partial charge on any atom is 0.230 e. The third kappa shape index (κ3) is 6.54. The van der Waals surface area contributed by atoms with Gasteiger partial charge in [-0.2, -0.15) is 0 Å². The molecule has 3 N–H and O–H groups in total. The van der Waals surface area contributed by atoms with Crippen molar-refractivity contribution in [3.05, 3.63) is 71.2 Å². The number of carbonyl (C=O) groups excluding carboxylic acids is 3. The summed E-state index contributed by atoms with van der Waals surface area (Å²) in [7, 11) is 0. The first kappa shape index (κ1) is 20.2. The quantitative estimate of drug-likeness (QED) is 0.557. The van der Waals surface area contributed by atoms with Gasteiger partial charge in [0.15, 0.2) is 5.13 Å². The summed E-state index contributed by atoms with van der Waals surface area (Å²) in [5, 5.41) is 10.4. The smallest absolute Gasteiger partial charge is 0.230 e. The van der Waals surface area contributed by atoms with Gasteiger partial charge in [0.25, 0.3) is 0 Å². The van der Waals surface area contributed by atoms with Crippen LogP contribution in [0.4, 0.5) is 16.5 Å². The number of benzene rings is 2. The van der Waals surface area contributed by atoms with E-state index in [2.05, 4.69) is 20.9 Å². The van der Waals surface area contributed by atoms with Gasteiger partial charge in [-0.3, -0.25) is 14.4 Å². The molecule has 0 saturated carbocycles. The van der Waals surface area contributed by atoms with Crippen molar-refractivity contribution in [3.8, 4) is 0 Å². The minimum Gasteiger partial charge on any atom is -0.326 e. The number of thiazole rings is 1. The van der Waals surface area contributed by atoms with E-state index in [0.717, 1.165) is 5.56 Å². The summed E-state index contributed by atoms with van der Waals surface area (Å²) >= 11 is 1.28. The first-order chi connectivity index (χ1) is 14.0. The Bertz CT molecular complexity index is 1020. The number of nitrogens with zero attached hydrogens (tertiary/aromatic N) is 1. The largest absolute Gasteiger partial charge is 0.326 e. The highest BCUT2D eigenvalue weighted by Crippen LogP contribution is 2.18. The molecule has 3 amide bonds. The number of carbonyl (C=O) groups is 3. The second-order valence-corrected chi connectivity index (χ2v) is 7.20. The maximum atomic E-state index is 12.3. The highest BCUT2D eigenvalue weighted by Gasteiger charge is 2.11. The highest BCUT2D eigenvalue weighted by molar-refractivity contribution is 7.13. The minimum atomic E-state index is -0.238. The number of hydrogen-bond donors (Lipinski definition) is 3. The van der Waals surface area contributed by atoms with Crippen molar-refractivity contribution in [1.29, 1.82) is 0 Å². The van der Waals surface area contributed by atoms with Crippen LogP contribution >= 0.6 is 11.3 Å². The fourth-order valence-corrected chi connectivity index (χ4v) is 3.36. The van der Waals surface area contributed by atoms with E-state index < -0.39 is 0 Å². The van der Waals surface area contributed by atoms with Gasteiger partial charge < -0.3 is 16.0 Å². The fraction of sp³-hybridized carbons (Fsp3) is 0.143. The normalized spacial score (nSPS) is 10.2. The van der Waals surface area contributed by atoms with E-state index in [1.54, 1.807) is 29.6 Å². The van der Waals surface area contributed by atoms with Crippen molar-refractivity contribution >= 4 is 45.6 Å². The maximum absolute atomic E-state index is 12.3. The standard InChI is InChI=1S/C21H20N4O3S/c1-14(26)22-16-8-5-9-17(11-16)23-20(28)12-18-13-29-21(24-18)25-19(27)10-15-6-3-2-4-7-15/h2-9,11,13H,10,12H2,1H3,(H,22,26)(H,23,28)(H,24,25,27). The van der Waals surface area contributed by atoms with Gasteiger partial charge in [-0.1, -0.05) is 36.4 Å². The summed E-state index contributed by atoms with van der Waals surface area (Å²) in [6.07, 6.45) is 0.344. The molecule has 1 heterocycles. The SMILES string of the molecule is CC(=O)Nc1cccc(NC(=O)Cc2csc(NC(=O)Cc3ccccc3)n2)c1. The zero-order valence-electron chi connectivity index (χ0n) is 15.8. The average molecular weight is 408 g/mol. The van der Waals surface area contributed by atoms with Gasteiger partial charge in [0.1, 0.15) is 0 Å². The minimum absolute atomic E-state index is 0.0788. The first-order valence-corrected chi connectivity index (χ1v) is 9.81. The van der Waals surface area contributed by atoms with Crippen LogP contribution in [-0.4, -0.2) is 22.7 Å². The van der Waals surface area contributed by atoms with Gasteiger partial charge in [0, 0.05) is 23.7 Å². The van der Waals surface area contributed by atoms with Gasteiger partial charge in [-0.15, -0.1) is 11.3 Å². The molecule has 148 valence electrons. The van der Waals surface area contributed by atoms with E-state index in [4.69, 9.17) is 0 Å². The van der Waals surface area contributed by atoms with E-state index in [1.165, 1.54) is 18.3 Å². The molecule has 0 aliphatic rings. The predicted molar refractivity (Wildman–Crippen MR) is 114 cm³/mol. The second-order valence-electron chi connectivity index (χ2n) is 6.34. The number of nitrogens with one attached hydrogen (secondary N) is 3. The average Bonchev–Trinajstić information content (AvgIpc) is 3.08. The molecule has 2 aromatic carbocycles.